The Labute approximate surface area is 296 Å². The fourth-order valence-corrected chi connectivity index (χ4v) is 33.2. The van der Waals surface area contributed by atoms with Crippen LogP contribution in [0.4, 0.5) is 0 Å². The van der Waals surface area contributed by atoms with Gasteiger partial charge in [0.05, 0.1) is 11.4 Å². The predicted octanol–water partition coefficient (Wildman–Crippen LogP) is 10.8. The molecule has 6 nitrogen and oxygen atoms in total. The van der Waals surface area contributed by atoms with E-state index in [9.17, 15) is 0 Å². The van der Waals surface area contributed by atoms with E-state index in [0.717, 1.165) is 17.1 Å². The van der Waals surface area contributed by atoms with Gasteiger partial charge in [0.1, 0.15) is 0 Å². The molecule has 0 bridgehead atoms. The van der Waals surface area contributed by atoms with Gasteiger partial charge in [0.25, 0.3) is 0 Å². The topological polar surface area (TPSA) is 46.8 Å². The highest BCUT2D eigenvalue weighted by Crippen LogP contribution is 2.26. The second-order valence-electron chi connectivity index (χ2n) is 18.8. The molecule has 0 radical (unpaired) electrons. The maximum atomic E-state index is 5.73. The molecule has 2 aromatic rings. The first kappa shape index (κ1) is 41.3. The molecule has 0 N–H and O–H groups in total. The summed E-state index contributed by atoms with van der Waals surface area (Å²) in [7, 11) is -10.6. The summed E-state index contributed by atoms with van der Waals surface area (Å²) in [5, 5.41) is 17.0. The quantitative estimate of drug-likeness (QED) is 0.104. The highest BCUT2D eigenvalue weighted by atomic mass is 28.4. The summed E-state index contributed by atoms with van der Waals surface area (Å²) in [5.41, 5.74) is 5.73. The lowest BCUT2D eigenvalue weighted by molar-refractivity contribution is 0.656. The largest absolute Gasteiger partial charge is 0.350 e. The summed E-state index contributed by atoms with van der Waals surface area (Å²) in [5.74, 6) is 0. The summed E-state index contributed by atoms with van der Waals surface area (Å²) in [6.45, 7) is 43.7. The Kier molecular flexibility index (Phi) is 13.5. The van der Waals surface area contributed by atoms with Crippen LogP contribution in [0.15, 0.2) is 76.0 Å². The van der Waals surface area contributed by atoms with E-state index < -0.39 is 49.4 Å². The van der Waals surface area contributed by atoms with Gasteiger partial charge in [-0.25, -0.2) is 5.10 Å². The lowest BCUT2D eigenvalue weighted by Gasteiger charge is -2.43. The van der Waals surface area contributed by atoms with Gasteiger partial charge in [-0.05, 0) is 11.1 Å². The number of hydrogen-bond acceptors (Lipinski definition) is 6. The summed E-state index contributed by atoms with van der Waals surface area (Å²) in [6.07, 6.45) is 1.37. The van der Waals surface area contributed by atoms with E-state index in [1.165, 1.54) is 11.1 Å². The fourth-order valence-electron chi connectivity index (χ4n) is 6.47. The average molecular weight is 741 g/mol. The molecular formula is C35H68N6Si6. The van der Waals surface area contributed by atoms with Crippen molar-refractivity contribution in [2.75, 3.05) is 0 Å². The third-order valence-electron chi connectivity index (χ3n) is 7.45. The monoisotopic (exact) mass is 740 g/mol. The highest BCUT2D eigenvalue weighted by molar-refractivity contribution is 6.90. The van der Waals surface area contributed by atoms with E-state index >= 15 is 0 Å². The third-order valence-corrected chi connectivity index (χ3v) is 27.8. The summed E-state index contributed by atoms with van der Waals surface area (Å²) < 4.78 is 7.68. The van der Waals surface area contributed by atoms with Gasteiger partial charge in [-0.15, -0.1) is 0 Å². The first-order valence-electron chi connectivity index (χ1n) is 17.3. The SMILES string of the molecule is C[Si](C)(C)N(N=C(C/C(=N\N([Si](C)(C)C)[Si](C)(C)C)c1ccccc1)C/C(=N\N([Si](C)(C)C)[Si](C)(C)C)c1ccccc1)[Si](C)(C)C. The van der Waals surface area contributed by atoms with Crippen molar-refractivity contribution in [2.24, 2.45) is 15.3 Å². The van der Waals surface area contributed by atoms with Crippen molar-refractivity contribution in [1.29, 1.82) is 0 Å². The lowest BCUT2D eigenvalue weighted by atomic mass is 9.99. The van der Waals surface area contributed by atoms with Crippen LogP contribution in [0.3, 0.4) is 0 Å². The van der Waals surface area contributed by atoms with Gasteiger partial charge in [-0.2, -0.15) is 10.2 Å². The molecule has 0 aromatic heterocycles. The minimum Gasteiger partial charge on any atom is -0.350 e. The van der Waals surface area contributed by atoms with Gasteiger partial charge in [0.2, 0.25) is 0 Å². The van der Waals surface area contributed by atoms with Crippen LogP contribution in [0.25, 0.3) is 0 Å². The Morgan fingerprint density at radius 1 is 0.383 bits per heavy atom. The van der Waals surface area contributed by atoms with Crippen molar-refractivity contribution in [2.45, 2.75) is 131 Å². The van der Waals surface area contributed by atoms with Crippen molar-refractivity contribution in [3.8, 4) is 0 Å². The second kappa shape index (κ2) is 15.4. The number of nitrogens with zero attached hydrogens (tertiary/aromatic N) is 6. The number of benzene rings is 2. The van der Waals surface area contributed by atoms with Crippen LogP contribution in [-0.4, -0.2) is 79.6 Å². The molecule has 2 aromatic carbocycles. The Morgan fingerprint density at radius 3 is 0.851 bits per heavy atom. The number of hydrazone groups is 3. The minimum atomic E-state index is -1.79. The van der Waals surface area contributed by atoms with Crippen molar-refractivity contribution in [1.82, 2.24) is 13.0 Å². The molecule has 262 valence electrons. The van der Waals surface area contributed by atoms with Crippen LogP contribution in [-0.2, 0) is 0 Å². The van der Waals surface area contributed by atoms with Crippen LogP contribution >= 0.6 is 0 Å². The normalized spacial score (nSPS) is 14.2. The van der Waals surface area contributed by atoms with Crippen molar-refractivity contribution in [3.05, 3.63) is 71.8 Å². The Bertz CT molecular complexity index is 1250. The van der Waals surface area contributed by atoms with E-state index in [2.05, 4.69) is 192 Å². The van der Waals surface area contributed by atoms with E-state index in [0.29, 0.717) is 12.8 Å². The summed E-state index contributed by atoms with van der Waals surface area (Å²) in [4.78, 5) is 0. The number of rotatable bonds is 15. The Balaban J connectivity index is 2.99. The zero-order chi connectivity index (χ0) is 36.2. The molecular weight excluding hydrogens is 673 g/mol. The van der Waals surface area contributed by atoms with Crippen LogP contribution in [0.1, 0.15) is 24.0 Å². The van der Waals surface area contributed by atoms with E-state index in [-0.39, 0.29) is 0 Å². The molecule has 0 heterocycles. The van der Waals surface area contributed by atoms with Crippen LogP contribution in [0, 0.1) is 0 Å². The highest BCUT2D eigenvalue weighted by Gasteiger charge is 2.37. The summed E-state index contributed by atoms with van der Waals surface area (Å²) in [6, 6.07) is 21.7. The third kappa shape index (κ3) is 12.8. The molecule has 0 aliphatic carbocycles. The lowest BCUT2D eigenvalue weighted by Crippen LogP contribution is -2.57. The molecule has 0 aliphatic heterocycles. The Morgan fingerprint density at radius 2 is 0.617 bits per heavy atom. The Hall–Kier alpha value is -1.85. The average Bonchev–Trinajstić information content (AvgIpc) is 2.88. The molecule has 47 heavy (non-hydrogen) atoms. The van der Waals surface area contributed by atoms with Crippen LogP contribution < -0.4 is 0 Å². The fraction of sp³-hybridized carbons (Fsp3) is 0.571. The zero-order valence-corrected chi connectivity index (χ0v) is 39.4. The predicted molar refractivity (Wildman–Crippen MR) is 228 cm³/mol. The molecule has 0 spiro atoms. The smallest absolute Gasteiger partial charge is 0.158 e. The van der Waals surface area contributed by atoms with Gasteiger partial charge >= 0.3 is 0 Å². The number of hydrogen-bond donors (Lipinski definition) is 0. The molecule has 2 rings (SSSR count). The van der Waals surface area contributed by atoms with Crippen molar-refractivity contribution in [3.63, 3.8) is 0 Å². The van der Waals surface area contributed by atoms with Crippen LogP contribution in [0.5, 0.6) is 0 Å². The van der Waals surface area contributed by atoms with Gasteiger partial charge in [0, 0.05) is 18.6 Å². The first-order chi connectivity index (χ1) is 21.1. The maximum Gasteiger partial charge on any atom is 0.158 e. The maximum absolute atomic E-state index is 5.73. The molecule has 0 aliphatic rings. The van der Waals surface area contributed by atoms with Gasteiger partial charge < -0.3 is 13.0 Å². The second-order valence-corrected chi connectivity index (χ2v) is 48.7. The first-order valence-corrected chi connectivity index (χ1v) is 38.0. The molecule has 12 heteroatoms. The van der Waals surface area contributed by atoms with Crippen molar-refractivity contribution >= 4 is 66.5 Å². The standard InChI is InChI=1S/C35H68N6Si6/c1-42(2,3)39(43(4,5)6)36-33(29-34(31-25-21-19-22-26-31)37-40(44(7,8)9)45(10,11)12)30-35(32-27-23-20-24-28-32)38-41(46(13,14)15)47(16,17)18/h19-28H,29-30H2,1-18H3/b37-34+,38-35+. The minimum absolute atomic E-state index is 0.687. The molecule has 0 unspecified atom stereocenters. The molecule has 0 fully saturated rings. The zero-order valence-electron chi connectivity index (χ0n) is 33.4. The van der Waals surface area contributed by atoms with Gasteiger partial charge in [0.15, 0.2) is 49.4 Å². The van der Waals surface area contributed by atoms with Crippen LogP contribution in [0.2, 0.25) is 118 Å². The molecule has 0 amide bonds. The molecule has 0 atom stereocenters. The van der Waals surface area contributed by atoms with Gasteiger partial charge in [-0.1, -0.05) is 179 Å². The molecule has 0 saturated heterocycles. The van der Waals surface area contributed by atoms with E-state index in [4.69, 9.17) is 15.3 Å². The van der Waals surface area contributed by atoms with Crippen molar-refractivity contribution < 1.29 is 0 Å². The van der Waals surface area contributed by atoms with Gasteiger partial charge in [-0.3, -0.25) is 0 Å². The molecule has 0 saturated carbocycles. The van der Waals surface area contributed by atoms with E-state index in [1.54, 1.807) is 0 Å². The summed E-state index contributed by atoms with van der Waals surface area (Å²) >= 11 is 0. The van der Waals surface area contributed by atoms with E-state index in [1.807, 2.05) is 0 Å².